The molecule has 2 aromatic rings. The number of hydrogen-bond acceptors (Lipinski definition) is 6. The highest BCUT2D eigenvalue weighted by Crippen LogP contribution is 2.30. The summed E-state index contributed by atoms with van der Waals surface area (Å²) >= 11 is 0. The molecule has 1 aliphatic rings. The van der Waals surface area contributed by atoms with E-state index in [9.17, 15) is 13.2 Å². The van der Waals surface area contributed by atoms with Gasteiger partial charge in [0, 0.05) is 29.9 Å². The van der Waals surface area contributed by atoms with Gasteiger partial charge in [0.15, 0.2) is 14.6 Å². The molecule has 7 nitrogen and oxygen atoms in total. The second-order valence-corrected chi connectivity index (χ2v) is 8.50. The van der Waals surface area contributed by atoms with E-state index in [1.807, 2.05) is 12.1 Å². The van der Waals surface area contributed by atoms with Crippen LogP contribution in [0.5, 0.6) is 0 Å². The van der Waals surface area contributed by atoms with Gasteiger partial charge < -0.3 is 10.6 Å². The zero-order valence-electron chi connectivity index (χ0n) is 14.3. The predicted octanol–water partition coefficient (Wildman–Crippen LogP) is 1.67. The second kappa shape index (κ2) is 8.11. The smallest absolute Gasteiger partial charge is 0.245 e. The van der Waals surface area contributed by atoms with Crippen LogP contribution in [-0.4, -0.2) is 48.4 Å². The van der Waals surface area contributed by atoms with Crippen LogP contribution in [0.4, 0.5) is 5.69 Å². The minimum Gasteiger partial charge on any atom is -0.325 e. The standard InChI is InChI=1S/C17H20N4O3S.ClH/c1-25(23,24)17(6-8-18-9-7-17)16(22)21-15-4-2-13(3-5-15)14-10-19-12-20-11-14;/h2-5,10-12,18H,6-9H2,1H3,(H,21,22);1H. The van der Waals surface area contributed by atoms with Gasteiger partial charge in [0.2, 0.25) is 5.91 Å². The van der Waals surface area contributed by atoms with E-state index in [4.69, 9.17) is 0 Å². The van der Waals surface area contributed by atoms with Crippen molar-refractivity contribution in [2.24, 2.45) is 0 Å². The van der Waals surface area contributed by atoms with Crippen molar-refractivity contribution in [3.05, 3.63) is 43.0 Å². The highest BCUT2D eigenvalue weighted by molar-refractivity contribution is 7.92. The van der Waals surface area contributed by atoms with Crippen LogP contribution in [-0.2, 0) is 14.6 Å². The molecule has 0 saturated carbocycles. The van der Waals surface area contributed by atoms with Gasteiger partial charge in [-0.25, -0.2) is 18.4 Å². The van der Waals surface area contributed by atoms with Crippen LogP contribution in [0.15, 0.2) is 43.0 Å². The number of sulfone groups is 1. The van der Waals surface area contributed by atoms with E-state index in [0.717, 1.165) is 17.4 Å². The Morgan fingerprint density at radius 1 is 1.08 bits per heavy atom. The SMILES string of the molecule is CS(=O)(=O)C1(C(=O)Nc2ccc(-c3cncnc3)cc2)CCNCC1.Cl. The van der Waals surface area contributed by atoms with Crippen LogP contribution >= 0.6 is 12.4 Å². The van der Waals surface area contributed by atoms with Crippen LogP contribution in [0.25, 0.3) is 11.1 Å². The molecule has 140 valence electrons. The van der Waals surface area contributed by atoms with Crippen molar-refractivity contribution in [3.63, 3.8) is 0 Å². The van der Waals surface area contributed by atoms with E-state index in [2.05, 4.69) is 20.6 Å². The van der Waals surface area contributed by atoms with Crippen molar-refractivity contribution in [1.29, 1.82) is 0 Å². The van der Waals surface area contributed by atoms with Gasteiger partial charge >= 0.3 is 0 Å². The topological polar surface area (TPSA) is 101 Å². The maximum atomic E-state index is 12.8. The van der Waals surface area contributed by atoms with Crippen molar-refractivity contribution in [1.82, 2.24) is 15.3 Å². The average molecular weight is 397 g/mol. The summed E-state index contributed by atoms with van der Waals surface area (Å²) < 4.78 is 23.2. The monoisotopic (exact) mass is 396 g/mol. The first-order valence-electron chi connectivity index (χ1n) is 8.00. The molecule has 26 heavy (non-hydrogen) atoms. The van der Waals surface area contributed by atoms with Gasteiger partial charge in [-0.05, 0) is 43.6 Å². The number of nitrogens with zero attached hydrogens (tertiary/aromatic N) is 2. The summed E-state index contributed by atoms with van der Waals surface area (Å²) in [7, 11) is -3.53. The molecule has 0 aliphatic carbocycles. The van der Waals surface area contributed by atoms with Gasteiger partial charge in [0.05, 0.1) is 0 Å². The lowest BCUT2D eigenvalue weighted by molar-refractivity contribution is -0.119. The summed E-state index contributed by atoms with van der Waals surface area (Å²) in [6.45, 7) is 1.01. The summed E-state index contributed by atoms with van der Waals surface area (Å²) in [5.41, 5.74) is 2.34. The van der Waals surface area contributed by atoms with E-state index in [-0.39, 0.29) is 25.2 Å². The Kier molecular flexibility index (Phi) is 6.33. The zero-order chi connectivity index (χ0) is 17.9. The van der Waals surface area contributed by atoms with E-state index < -0.39 is 20.5 Å². The first kappa shape index (κ1) is 20.3. The van der Waals surface area contributed by atoms with Gasteiger partial charge in [-0.2, -0.15) is 0 Å². The van der Waals surface area contributed by atoms with Crippen molar-refractivity contribution in [3.8, 4) is 11.1 Å². The third kappa shape index (κ3) is 4.03. The Morgan fingerprint density at radius 3 is 2.19 bits per heavy atom. The number of piperidine rings is 1. The highest BCUT2D eigenvalue weighted by atomic mass is 35.5. The molecule has 1 aromatic carbocycles. The van der Waals surface area contributed by atoms with Crippen LogP contribution < -0.4 is 10.6 Å². The maximum Gasteiger partial charge on any atom is 0.245 e. The quantitative estimate of drug-likeness (QED) is 0.815. The maximum absolute atomic E-state index is 12.8. The number of hydrogen-bond donors (Lipinski definition) is 2. The molecule has 0 bridgehead atoms. The summed E-state index contributed by atoms with van der Waals surface area (Å²) in [4.78, 5) is 20.7. The number of amides is 1. The predicted molar refractivity (Wildman–Crippen MR) is 103 cm³/mol. The van der Waals surface area contributed by atoms with Crippen LogP contribution in [0.2, 0.25) is 0 Å². The molecule has 0 spiro atoms. The Morgan fingerprint density at radius 2 is 1.65 bits per heavy atom. The van der Waals surface area contributed by atoms with Crippen molar-refractivity contribution < 1.29 is 13.2 Å². The third-order valence-corrected chi connectivity index (χ3v) is 6.58. The average Bonchev–Trinajstić information content (AvgIpc) is 2.63. The molecule has 1 fully saturated rings. The number of rotatable bonds is 4. The van der Waals surface area contributed by atoms with Gasteiger partial charge in [0.1, 0.15) is 6.33 Å². The number of halogens is 1. The van der Waals surface area contributed by atoms with Gasteiger partial charge in [-0.3, -0.25) is 4.79 Å². The van der Waals surface area contributed by atoms with Crippen molar-refractivity contribution in [2.45, 2.75) is 17.6 Å². The molecular formula is C17H21ClN4O3S. The Hall–Kier alpha value is -2.03. The normalized spacial score (nSPS) is 16.3. The Labute approximate surface area is 159 Å². The van der Waals surface area contributed by atoms with Crippen LogP contribution in [0.1, 0.15) is 12.8 Å². The number of nitrogens with one attached hydrogen (secondary N) is 2. The molecule has 3 rings (SSSR count). The Balaban J connectivity index is 0.00000243. The van der Waals surface area contributed by atoms with Crippen molar-refractivity contribution >= 4 is 33.8 Å². The molecule has 0 unspecified atom stereocenters. The molecule has 1 saturated heterocycles. The number of carbonyl (C=O) groups excluding carboxylic acids is 1. The fourth-order valence-electron chi connectivity index (χ4n) is 3.04. The molecule has 0 radical (unpaired) electrons. The number of carbonyl (C=O) groups is 1. The lowest BCUT2D eigenvalue weighted by Crippen LogP contribution is -2.55. The minimum atomic E-state index is -3.53. The number of benzene rings is 1. The highest BCUT2D eigenvalue weighted by Gasteiger charge is 2.48. The van der Waals surface area contributed by atoms with Crippen LogP contribution in [0, 0.1) is 0 Å². The fourth-order valence-corrected chi connectivity index (χ4v) is 4.37. The van der Waals surface area contributed by atoms with Gasteiger partial charge in [-0.1, -0.05) is 12.1 Å². The molecule has 1 aliphatic heterocycles. The number of anilines is 1. The molecule has 9 heteroatoms. The van der Waals surface area contributed by atoms with Crippen LogP contribution in [0.3, 0.4) is 0 Å². The van der Waals surface area contributed by atoms with Gasteiger partial charge in [-0.15, -0.1) is 12.4 Å². The summed E-state index contributed by atoms with van der Waals surface area (Å²) in [5, 5.41) is 5.86. The largest absolute Gasteiger partial charge is 0.325 e. The lowest BCUT2D eigenvalue weighted by Gasteiger charge is -2.34. The summed E-state index contributed by atoms with van der Waals surface area (Å²) in [5.74, 6) is -0.465. The fraction of sp³-hybridized carbons (Fsp3) is 0.353. The van der Waals surface area contributed by atoms with E-state index in [0.29, 0.717) is 18.8 Å². The van der Waals surface area contributed by atoms with Crippen molar-refractivity contribution in [2.75, 3.05) is 24.7 Å². The second-order valence-electron chi connectivity index (χ2n) is 6.18. The zero-order valence-corrected chi connectivity index (χ0v) is 15.9. The first-order chi connectivity index (χ1) is 11.9. The molecule has 2 heterocycles. The Bertz CT molecular complexity index is 851. The lowest BCUT2D eigenvalue weighted by atomic mass is 9.95. The van der Waals surface area contributed by atoms with E-state index in [1.165, 1.54) is 6.33 Å². The summed E-state index contributed by atoms with van der Waals surface area (Å²) in [6.07, 6.45) is 6.55. The molecule has 1 aromatic heterocycles. The minimum absolute atomic E-state index is 0. The van der Waals surface area contributed by atoms with E-state index in [1.54, 1.807) is 24.5 Å². The number of aromatic nitrogens is 2. The first-order valence-corrected chi connectivity index (χ1v) is 9.89. The molecule has 2 N–H and O–H groups in total. The third-order valence-electron chi connectivity index (χ3n) is 4.57. The summed E-state index contributed by atoms with van der Waals surface area (Å²) in [6, 6.07) is 7.17. The van der Waals surface area contributed by atoms with E-state index >= 15 is 0 Å². The molecular weight excluding hydrogens is 376 g/mol. The molecule has 1 amide bonds. The molecule has 0 atom stereocenters. The van der Waals surface area contributed by atoms with Gasteiger partial charge in [0.25, 0.3) is 0 Å².